The van der Waals surface area contributed by atoms with Gasteiger partial charge in [-0.15, -0.1) is 0 Å². The molecule has 0 aliphatic carbocycles. The number of anilines is 2. The standard InChI is InChI=1S/C9H13N3O2/c1-2-12-9(14)5-3-6(10)8(13)7(11)4-5/h3-4,13H,2,10-11H2,1H3,(H,12,14). The smallest absolute Gasteiger partial charge is 0.251 e. The van der Waals surface area contributed by atoms with Crippen molar-refractivity contribution in [3.8, 4) is 5.75 Å². The van der Waals surface area contributed by atoms with Gasteiger partial charge in [-0.05, 0) is 19.1 Å². The number of nitrogen functional groups attached to an aromatic ring is 2. The Bertz CT molecular complexity index is 340. The average molecular weight is 195 g/mol. The molecule has 6 N–H and O–H groups in total. The van der Waals surface area contributed by atoms with Crippen molar-refractivity contribution in [3.63, 3.8) is 0 Å². The molecule has 0 bridgehead atoms. The summed E-state index contributed by atoms with van der Waals surface area (Å²) in [6.45, 7) is 2.34. The zero-order chi connectivity index (χ0) is 10.7. The third-order valence-electron chi connectivity index (χ3n) is 1.77. The molecule has 0 fully saturated rings. The summed E-state index contributed by atoms with van der Waals surface area (Å²) >= 11 is 0. The normalized spacial score (nSPS) is 9.79. The topological polar surface area (TPSA) is 101 Å². The first-order chi connectivity index (χ1) is 6.56. The first kappa shape index (κ1) is 10.2. The van der Waals surface area contributed by atoms with Crippen molar-refractivity contribution in [3.05, 3.63) is 17.7 Å². The van der Waals surface area contributed by atoms with Crippen LogP contribution in [-0.4, -0.2) is 17.6 Å². The average Bonchev–Trinajstić information content (AvgIpc) is 2.13. The number of amides is 1. The summed E-state index contributed by atoms with van der Waals surface area (Å²) in [7, 11) is 0. The molecule has 1 amide bonds. The second kappa shape index (κ2) is 3.87. The number of phenolic OH excluding ortho intramolecular Hbond substituents is 1. The lowest BCUT2D eigenvalue weighted by Gasteiger charge is -2.07. The van der Waals surface area contributed by atoms with Gasteiger partial charge in [-0.1, -0.05) is 0 Å². The van der Waals surface area contributed by atoms with Crippen LogP contribution in [0.4, 0.5) is 11.4 Å². The SMILES string of the molecule is CCNC(=O)c1cc(N)c(O)c(N)c1. The predicted octanol–water partition coefficient (Wildman–Crippen LogP) is 0.306. The molecule has 1 aromatic carbocycles. The van der Waals surface area contributed by atoms with E-state index in [9.17, 15) is 9.90 Å². The van der Waals surface area contributed by atoms with Gasteiger partial charge in [0.15, 0.2) is 5.75 Å². The summed E-state index contributed by atoms with van der Waals surface area (Å²) in [5.74, 6) is -0.441. The lowest BCUT2D eigenvalue weighted by atomic mass is 10.1. The number of phenols is 1. The molecule has 0 aliphatic heterocycles. The van der Waals surface area contributed by atoms with E-state index in [0.29, 0.717) is 12.1 Å². The number of aromatic hydroxyl groups is 1. The quantitative estimate of drug-likeness (QED) is 0.403. The van der Waals surface area contributed by atoms with Gasteiger partial charge in [0, 0.05) is 12.1 Å². The van der Waals surface area contributed by atoms with Gasteiger partial charge in [-0.2, -0.15) is 0 Å². The number of hydrogen-bond donors (Lipinski definition) is 4. The second-order valence-electron chi connectivity index (χ2n) is 2.86. The fourth-order valence-electron chi connectivity index (χ4n) is 1.07. The molecule has 0 atom stereocenters. The molecule has 0 aliphatic rings. The molecule has 0 saturated carbocycles. The third kappa shape index (κ3) is 1.87. The van der Waals surface area contributed by atoms with Crippen molar-refractivity contribution in [1.29, 1.82) is 0 Å². The van der Waals surface area contributed by atoms with Crippen LogP contribution in [0, 0.1) is 0 Å². The van der Waals surface area contributed by atoms with Crippen LogP contribution in [0.5, 0.6) is 5.75 Å². The molecule has 1 aromatic rings. The molecule has 1 rings (SSSR count). The van der Waals surface area contributed by atoms with E-state index < -0.39 is 0 Å². The lowest BCUT2D eigenvalue weighted by Crippen LogP contribution is -2.22. The zero-order valence-electron chi connectivity index (χ0n) is 7.87. The lowest BCUT2D eigenvalue weighted by molar-refractivity contribution is 0.0956. The van der Waals surface area contributed by atoms with Gasteiger partial charge in [0.1, 0.15) is 0 Å². The van der Waals surface area contributed by atoms with Crippen LogP contribution >= 0.6 is 0 Å². The fraction of sp³-hybridized carbons (Fsp3) is 0.222. The summed E-state index contributed by atoms with van der Waals surface area (Å²) < 4.78 is 0. The molecule has 0 unspecified atom stereocenters. The van der Waals surface area contributed by atoms with Gasteiger partial charge >= 0.3 is 0 Å². The van der Waals surface area contributed by atoms with Crippen molar-refractivity contribution in [2.75, 3.05) is 18.0 Å². The third-order valence-corrected chi connectivity index (χ3v) is 1.77. The molecule has 0 saturated heterocycles. The highest BCUT2D eigenvalue weighted by Gasteiger charge is 2.09. The van der Waals surface area contributed by atoms with Gasteiger partial charge in [0.05, 0.1) is 11.4 Å². The van der Waals surface area contributed by atoms with E-state index >= 15 is 0 Å². The summed E-state index contributed by atoms with van der Waals surface area (Å²) in [5.41, 5.74) is 11.4. The monoisotopic (exact) mass is 195 g/mol. The van der Waals surface area contributed by atoms with Crippen molar-refractivity contribution in [2.45, 2.75) is 6.92 Å². The van der Waals surface area contributed by atoms with Crippen LogP contribution < -0.4 is 16.8 Å². The van der Waals surface area contributed by atoms with Crippen LogP contribution in [0.15, 0.2) is 12.1 Å². The Balaban J connectivity index is 3.06. The van der Waals surface area contributed by atoms with Crippen molar-refractivity contribution >= 4 is 17.3 Å². The number of rotatable bonds is 2. The molecule has 5 heteroatoms. The summed E-state index contributed by atoms with van der Waals surface area (Å²) in [6.07, 6.45) is 0. The van der Waals surface area contributed by atoms with Crippen LogP contribution in [0.3, 0.4) is 0 Å². The van der Waals surface area contributed by atoms with E-state index in [1.165, 1.54) is 12.1 Å². The van der Waals surface area contributed by atoms with Crippen LogP contribution in [0.1, 0.15) is 17.3 Å². The summed E-state index contributed by atoms with van der Waals surface area (Å²) in [5, 5.41) is 11.9. The molecule has 0 radical (unpaired) electrons. The Morgan fingerprint density at radius 2 is 1.93 bits per heavy atom. The van der Waals surface area contributed by atoms with E-state index in [4.69, 9.17) is 11.5 Å². The van der Waals surface area contributed by atoms with E-state index in [-0.39, 0.29) is 23.0 Å². The van der Waals surface area contributed by atoms with Gasteiger partial charge in [0.25, 0.3) is 5.91 Å². The Labute approximate surface area is 81.7 Å². The minimum Gasteiger partial charge on any atom is -0.504 e. The molecule has 0 aromatic heterocycles. The van der Waals surface area contributed by atoms with Crippen molar-refractivity contribution in [2.24, 2.45) is 0 Å². The van der Waals surface area contributed by atoms with E-state index in [1.54, 1.807) is 0 Å². The van der Waals surface area contributed by atoms with Crippen LogP contribution in [0.25, 0.3) is 0 Å². The molecule has 14 heavy (non-hydrogen) atoms. The molecule has 5 nitrogen and oxygen atoms in total. The number of carbonyl (C=O) groups is 1. The predicted molar refractivity (Wildman–Crippen MR) is 54.9 cm³/mol. The van der Waals surface area contributed by atoms with Crippen molar-refractivity contribution < 1.29 is 9.90 Å². The maximum absolute atomic E-state index is 11.4. The number of benzene rings is 1. The zero-order valence-corrected chi connectivity index (χ0v) is 7.87. The van der Waals surface area contributed by atoms with Gasteiger partial charge in [0.2, 0.25) is 0 Å². The second-order valence-corrected chi connectivity index (χ2v) is 2.86. The van der Waals surface area contributed by atoms with Gasteiger partial charge in [-0.25, -0.2) is 0 Å². The number of nitrogens with one attached hydrogen (secondary N) is 1. The first-order valence-corrected chi connectivity index (χ1v) is 4.22. The maximum Gasteiger partial charge on any atom is 0.251 e. The Hall–Kier alpha value is -1.91. The number of nitrogens with two attached hydrogens (primary N) is 2. The first-order valence-electron chi connectivity index (χ1n) is 4.22. The molecular formula is C9H13N3O2. The fourth-order valence-corrected chi connectivity index (χ4v) is 1.07. The van der Waals surface area contributed by atoms with E-state index in [0.717, 1.165) is 0 Å². The minimum absolute atomic E-state index is 0.103. The Kier molecular flexibility index (Phi) is 2.81. The highest BCUT2D eigenvalue weighted by Crippen LogP contribution is 2.28. The highest BCUT2D eigenvalue weighted by molar-refractivity contribution is 5.97. The summed E-state index contributed by atoms with van der Waals surface area (Å²) in [4.78, 5) is 11.4. The van der Waals surface area contributed by atoms with Crippen LogP contribution in [0.2, 0.25) is 0 Å². The molecule has 76 valence electrons. The largest absolute Gasteiger partial charge is 0.504 e. The van der Waals surface area contributed by atoms with Gasteiger partial charge < -0.3 is 21.9 Å². The molecular weight excluding hydrogens is 182 g/mol. The van der Waals surface area contributed by atoms with E-state index in [1.807, 2.05) is 6.92 Å². The van der Waals surface area contributed by atoms with Gasteiger partial charge in [-0.3, -0.25) is 4.79 Å². The summed E-state index contributed by atoms with van der Waals surface area (Å²) in [6, 6.07) is 2.77. The number of carbonyl (C=O) groups excluding carboxylic acids is 1. The minimum atomic E-state index is -0.258. The number of hydrogen-bond acceptors (Lipinski definition) is 4. The Morgan fingerprint density at radius 3 is 2.36 bits per heavy atom. The van der Waals surface area contributed by atoms with E-state index in [2.05, 4.69) is 5.32 Å². The maximum atomic E-state index is 11.4. The molecule has 0 spiro atoms. The van der Waals surface area contributed by atoms with Crippen LogP contribution in [-0.2, 0) is 0 Å². The molecule has 0 heterocycles. The highest BCUT2D eigenvalue weighted by atomic mass is 16.3. The Morgan fingerprint density at radius 1 is 1.43 bits per heavy atom. The van der Waals surface area contributed by atoms with Crippen molar-refractivity contribution in [1.82, 2.24) is 5.32 Å².